The molecule has 3 rings (SSSR count). The number of methoxy groups -OCH3 is 2. The Morgan fingerprint density at radius 2 is 1.62 bits per heavy atom. The smallest absolute Gasteiger partial charge is 0.251 e. The van der Waals surface area contributed by atoms with E-state index >= 15 is 0 Å². The second-order valence-electron chi connectivity index (χ2n) is 9.81. The molecule has 0 saturated heterocycles. The lowest BCUT2D eigenvalue weighted by Crippen LogP contribution is -2.14. The molecule has 0 aliphatic rings. The summed E-state index contributed by atoms with van der Waals surface area (Å²) in [5.74, 6) is 1.05. The van der Waals surface area contributed by atoms with Gasteiger partial charge in [-0.2, -0.15) is 0 Å². The summed E-state index contributed by atoms with van der Waals surface area (Å²) in [5, 5.41) is 0. The van der Waals surface area contributed by atoms with Crippen LogP contribution in [0, 0.1) is 6.92 Å². The first-order chi connectivity index (χ1) is 16.1. The van der Waals surface area contributed by atoms with Crippen LogP contribution in [-0.2, 0) is 24.8 Å². The highest BCUT2D eigenvalue weighted by Gasteiger charge is 2.25. The molecule has 1 aromatic heterocycles. The van der Waals surface area contributed by atoms with E-state index < -0.39 is 0 Å². The molecule has 34 heavy (non-hydrogen) atoms. The first-order valence-corrected chi connectivity index (χ1v) is 12.0. The molecule has 5 nitrogen and oxygen atoms in total. The fourth-order valence-corrected chi connectivity index (χ4v) is 4.62. The molecular weight excluding hydrogens is 424 g/mol. The van der Waals surface area contributed by atoms with Crippen molar-refractivity contribution in [3.63, 3.8) is 0 Å². The molecule has 5 heteroatoms. The van der Waals surface area contributed by atoms with Crippen molar-refractivity contribution in [3.05, 3.63) is 70.5 Å². The number of primary amides is 1. The highest BCUT2D eigenvalue weighted by molar-refractivity contribution is 6.02. The molecule has 3 aromatic rings. The summed E-state index contributed by atoms with van der Waals surface area (Å²) in [6.45, 7) is 11.5. The zero-order valence-corrected chi connectivity index (χ0v) is 21.6. The summed E-state index contributed by atoms with van der Waals surface area (Å²) in [6.07, 6.45) is 2.65. The van der Waals surface area contributed by atoms with Crippen molar-refractivity contribution in [2.45, 2.75) is 65.8 Å². The van der Waals surface area contributed by atoms with Gasteiger partial charge in [0.2, 0.25) is 0 Å². The molecule has 0 aliphatic heterocycles. The van der Waals surface area contributed by atoms with Crippen LogP contribution in [0.1, 0.15) is 67.0 Å². The lowest BCUT2D eigenvalue weighted by atomic mass is 9.86. The maximum Gasteiger partial charge on any atom is 0.251 e. The fraction of sp³-hybridized carbons (Fsp3) is 0.414. The third-order valence-electron chi connectivity index (χ3n) is 6.48. The number of carbonyl (C=O) groups is 1. The van der Waals surface area contributed by atoms with Gasteiger partial charge in [0.15, 0.2) is 11.5 Å². The number of ether oxygens (including phenoxy) is 2. The number of rotatable bonds is 9. The summed E-state index contributed by atoms with van der Waals surface area (Å²) >= 11 is 0. The molecule has 2 aromatic carbocycles. The predicted molar refractivity (Wildman–Crippen MR) is 139 cm³/mol. The number of hydrogen-bond donors (Lipinski definition) is 1. The lowest BCUT2D eigenvalue weighted by molar-refractivity contribution is 0.1000. The van der Waals surface area contributed by atoms with Crippen molar-refractivity contribution >= 4 is 5.91 Å². The van der Waals surface area contributed by atoms with Crippen LogP contribution in [0.15, 0.2) is 42.5 Å². The first kappa shape index (κ1) is 25.4. The van der Waals surface area contributed by atoms with Gasteiger partial charge in [0.05, 0.1) is 19.8 Å². The summed E-state index contributed by atoms with van der Waals surface area (Å²) in [7, 11) is 3.28. The molecule has 0 aliphatic carbocycles. The lowest BCUT2D eigenvalue weighted by Gasteiger charge is -2.19. The van der Waals surface area contributed by atoms with Gasteiger partial charge in [-0.25, -0.2) is 0 Å². The standard InChI is InChI=1S/C29H38N2O3/c1-8-9-23-27(21-11-13-22(14-12-21)29(3,4)5)26(28(30)32)19(2)31(23)17-16-20-10-15-24(33-6)25(18-20)34-7/h10-15,18H,8-9,16-17H2,1-7H3,(H2,30,32). The van der Waals surface area contributed by atoms with Gasteiger partial charge in [-0.3, -0.25) is 4.79 Å². The van der Waals surface area contributed by atoms with Gasteiger partial charge >= 0.3 is 0 Å². The van der Waals surface area contributed by atoms with E-state index in [1.54, 1.807) is 14.2 Å². The second kappa shape index (κ2) is 10.4. The van der Waals surface area contributed by atoms with E-state index in [9.17, 15) is 4.79 Å². The van der Waals surface area contributed by atoms with Crippen LogP contribution in [0.4, 0.5) is 0 Å². The van der Waals surface area contributed by atoms with Crippen molar-refractivity contribution in [2.75, 3.05) is 14.2 Å². The molecule has 2 N–H and O–H groups in total. The van der Waals surface area contributed by atoms with Crippen LogP contribution >= 0.6 is 0 Å². The van der Waals surface area contributed by atoms with Gasteiger partial charge in [-0.05, 0) is 54.0 Å². The second-order valence-corrected chi connectivity index (χ2v) is 9.81. The minimum absolute atomic E-state index is 0.0680. The molecule has 1 amide bonds. The van der Waals surface area contributed by atoms with Crippen LogP contribution in [0.5, 0.6) is 11.5 Å². The third kappa shape index (κ3) is 5.14. The van der Waals surface area contributed by atoms with Crippen LogP contribution in [0.25, 0.3) is 11.1 Å². The van der Waals surface area contributed by atoms with Crippen molar-refractivity contribution in [1.29, 1.82) is 0 Å². The Labute approximate surface area is 203 Å². The van der Waals surface area contributed by atoms with Gasteiger partial charge in [-0.1, -0.05) is 64.4 Å². The van der Waals surface area contributed by atoms with Gasteiger partial charge in [0.25, 0.3) is 5.91 Å². The Bertz CT molecular complexity index is 1150. The van der Waals surface area contributed by atoms with Crippen molar-refractivity contribution in [2.24, 2.45) is 5.73 Å². The highest BCUT2D eigenvalue weighted by atomic mass is 16.5. The number of benzene rings is 2. The molecular formula is C29H38N2O3. The zero-order valence-electron chi connectivity index (χ0n) is 21.6. The molecule has 0 saturated carbocycles. The van der Waals surface area contributed by atoms with E-state index in [2.05, 4.69) is 62.6 Å². The molecule has 0 radical (unpaired) electrons. The maximum absolute atomic E-state index is 12.6. The van der Waals surface area contributed by atoms with Crippen LogP contribution < -0.4 is 15.2 Å². The van der Waals surface area contributed by atoms with E-state index in [1.807, 2.05) is 19.1 Å². The number of carbonyl (C=O) groups excluding carboxylic acids is 1. The Kier molecular flexibility index (Phi) is 7.75. The van der Waals surface area contributed by atoms with E-state index in [0.717, 1.165) is 59.6 Å². The van der Waals surface area contributed by atoms with Crippen molar-refractivity contribution in [3.8, 4) is 22.6 Å². The average Bonchev–Trinajstić information content (AvgIpc) is 3.08. The number of nitrogens with zero attached hydrogens (tertiary/aromatic N) is 1. The van der Waals surface area contributed by atoms with Crippen LogP contribution in [0.3, 0.4) is 0 Å². The molecule has 0 fully saturated rings. The Morgan fingerprint density at radius 1 is 0.971 bits per heavy atom. The summed E-state index contributed by atoms with van der Waals surface area (Å²) in [5.41, 5.74) is 13.1. The van der Waals surface area contributed by atoms with Crippen molar-refractivity contribution < 1.29 is 14.3 Å². The molecule has 0 bridgehead atoms. The maximum atomic E-state index is 12.6. The SMILES string of the molecule is CCCc1c(-c2ccc(C(C)(C)C)cc2)c(C(N)=O)c(C)n1CCc1ccc(OC)c(OC)c1. The predicted octanol–water partition coefficient (Wildman–Crippen LogP) is 6.07. The topological polar surface area (TPSA) is 66.5 Å². The van der Waals surface area contributed by atoms with E-state index in [0.29, 0.717) is 11.3 Å². The summed E-state index contributed by atoms with van der Waals surface area (Å²) < 4.78 is 13.1. The molecule has 0 spiro atoms. The van der Waals surface area contributed by atoms with Crippen LogP contribution in [-0.4, -0.2) is 24.7 Å². The van der Waals surface area contributed by atoms with E-state index in [4.69, 9.17) is 15.2 Å². The number of nitrogens with two attached hydrogens (primary N) is 1. The first-order valence-electron chi connectivity index (χ1n) is 12.0. The molecule has 0 atom stereocenters. The summed E-state index contributed by atoms with van der Waals surface area (Å²) in [6, 6.07) is 14.6. The summed E-state index contributed by atoms with van der Waals surface area (Å²) in [4.78, 5) is 12.6. The number of aromatic nitrogens is 1. The number of hydrogen-bond acceptors (Lipinski definition) is 3. The van der Waals surface area contributed by atoms with Gasteiger partial charge in [0.1, 0.15) is 0 Å². The van der Waals surface area contributed by atoms with E-state index in [1.165, 1.54) is 5.56 Å². The Hall–Kier alpha value is -3.21. The minimum Gasteiger partial charge on any atom is -0.493 e. The van der Waals surface area contributed by atoms with Gasteiger partial charge in [0, 0.05) is 23.5 Å². The number of aryl methyl sites for hydroxylation is 1. The molecule has 0 unspecified atom stereocenters. The number of amides is 1. The molecule has 182 valence electrons. The highest BCUT2D eigenvalue weighted by Crippen LogP contribution is 2.35. The minimum atomic E-state index is -0.380. The monoisotopic (exact) mass is 462 g/mol. The van der Waals surface area contributed by atoms with Gasteiger partial charge in [-0.15, -0.1) is 0 Å². The zero-order chi connectivity index (χ0) is 25.0. The van der Waals surface area contributed by atoms with Crippen molar-refractivity contribution in [1.82, 2.24) is 4.57 Å². The quantitative estimate of drug-likeness (QED) is 0.419. The molecule has 1 heterocycles. The fourth-order valence-electron chi connectivity index (χ4n) is 4.62. The van der Waals surface area contributed by atoms with Crippen LogP contribution in [0.2, 0.25) is 0 Å². The van der Waals surface area contributed by atoms with E-state index in [-0.39, 0.29) is 11.3 Å². The third-order valence-corrected chi connectivity index (χ3v) is 6.48. The Morgan fingerprint density at radius 3 is 2.15 bits per heavy atom. The Balaban J connectivity index is 2.06. The largest absolute Gasteiger partial charge is 0.493 e. The average molecular weight is 463 g/mol. The normalized spacial score (nSPS) is 11.5. The van der Waals surface area contributed by atoms with Gasteiger partial charge < -0.3 is 19.8 Å².